The van der Waals surface area contributed by atoms with Gasteiger partial charge >= 0.3 is 0 Å². The lowest BCUT2D eigenvalue weighted by molar-refractivity contribution is 0.0924. The molecule has 4 heteroatoms. The SMILES string of the molecule is Cc1cccc(N)c1C(=O)NC[C@@H](C)O. The lowest BCUT2D eigenvalue weighted by Crippen LogP contribution is -2.31. The second-order valence-electron chi connectivity index (χ2n) is 3.60. The number of amides is 1. The van der Waals surface area contributed by atoms with Gasteiger partial charge in [0, 0.05) is 12.2 Å². The maximum absolute atomic E-state index is 11.7. The molecule has 82 valence electrons. The zero-order valence-corrected chi connectivity index (χ0v) is 8.95. The largest absolute Gasteiger partial charge is 0.398 e. The summed E-state index contributed by atoms with van der Waals surface area (Å²) in [6, 6.07) is 5.31. The molecular weight excluding hydrogens is 192 g/mol. The van der Waals surface area contributed by atoms with Gasteiger partial charge in [0.15, 0.2) is 0 Å². The molecule has 0 aliphatic heterocycles. The molecule has 0 bridgehead atoms. The molecule has 0 heterocycles. The molecule has 0 saturated heterocycles. The number of aliphatic hydroxyl groups excluding tert-OH is 1. The first-order valence-electron chi connectivity index (χ1n) is 4.83. The van der Waals surface area contributed by atoms with Gasteiger partial charge in [-0.25, -0.2) is 0 Å². The molecule has 0 saturated carbocycles. The Bertz CT molecular complexity index is 341. The Morgan fingerprint density at radius 1 is 1.60 bits per heavy atom. The first-order valence-corrected chi connectivity index (χ1v) is 4.83. The third-order valence-electron chi connectivity index (χ3n) is 2.09. The van der Waals surface area contributed by atoms with Crippen LogP contribution < -0.4 is 11.1 Å². The summed E-state index contributed by atoms with van der Waals surface area (Å²) in [5, 5.41) is 11.7. The quantitative estimate of drug-likeness (QED) is 0.640. The van der Waals surface area contributed by atoms with Crippen LogP contribution in [0.1, 0.15) is 22.8 Å². The molecule has 1 atom stereocenters. The van der Waals surface area contributed by atoms with Crippen molar-refractivity contribution in [3.05, 3.63) is 29.3 Å². The van der Waals surface area contributed by atoms with E-state index >= 15 is 0 Å². The van der Waals surface area contributed by atoms with Crippen LogP contribution in [0.4, 0.5) is 5.69 Å². The Labute approximate surface area is 89.1 Å². The van der Waals surface area contributed by atoms with Crippen molar-refractivity contribution in [2.45, 2.75) is 20.0 Å². The predicted octanol–water partition coefficient (Wildman–Crippen LogP) is 0.688. The number of benzene rings is 1. The van der Waals surface area contributed by atoms with E-state index < -0.39 is 6.10 Å². The van der Waals surface area contributed by atoms with E-state index in [9.17, 15) is 4.79 Å². The number of hydrogen-bond acceptors (Lipinski definition) is 3. The molecule has 1 aromatic rings. The van der Waals surface area contributed by atoms with Crippen LogP contribution in [-0.2, 0) is 0 Å². The molecule has 1 rings (SSSR count). The van der Waals surface area contributed by atoms with Crippen LogP contribution in [0.25, 0.3) is 0 Å². The lowest BCUT2D eigenvalue weighted by atomic mass is 10.1. The molecular formula is C11H16N2O2. The van der Waals surface area contributed by atoms with E-state index in [1.807, 2.05) is 13.0 Å². The van der Waals surface area contributed by atoms with Crippen LogP contribution in [0.3, 0.4) is 0 Å². The van der Waals surface area contributed by atoms with Crippen molar-refractivity contribution in [3.63, 3.8) is 0 Å². The van der Waals surface area contributed by atoms with Crippen molar-refractivity contribution < 1.29 is 9.90 Å². The highest BCUT2D eigenvalue weighted by Gasteiger charge is 2.12. The standard InChI is InChI=1S/C11H16N2O2/c1-7-4-3-5-9(12)10(7)11(15)13-6-8(2)14/h3-5,8,14H,6,12H2,1-2H3,(H,13,15)/t8-/m1/s1. The fraction of sp³-hybridized carbons (Fsp3) is 0.364. The van der Waals surface area contributed by atoms with Gasteiger partial charge in [-0.2, -0.15) is 0 Å². The highest BCUT2D eigenvalue weighted by atomic mass is 16.3. The van der Waals surface area contributed by atoms with Gasteiger partial charge < -0.3 is 16.2 Å². The summed E-state index contributed by atoms with van der Waals surface area (Å²) < 4.78 is 0. The van der Waals surface area contributed by atoms with Crippen LogP contribution in [0.2, 0.25) is 0 Å². The topological polar surface area (TPSA) is 75.4 Å². The molecule has 0 radical (unpaired) electrons. The van der Waals surface area contributed by atoms with E-state index in [4.69, 9.17) is 10.8 Å². The fourth-order valence-electron chi connectivity index (χ4n) is 1.33. The first-order chi connectivity index (χ1) is 7.02. The van der Waals surface area contributed by atoms with Crippen LogP contribution in [0.5, 0.6) is 0 Å². The molecule has 4 nitrogen and oxygen atoms in total. The van der Waals surface area contributed by atoms with E-state index in [1.54, 1.807) is 19.1 Å². The molecule has 0 unspecified atom stereocenters. The van der Waals surface area contributed by atoms with Gasteiger partial charge in [0.1, 0.15) is 0 Å². The zero-order valence-electron chi connectivity index (χ0n) is 8.95. The Morgan fingerprint density at radius 3 is 2.80 bits per heavy atom. The van der Waals surface area contributed by atoms with Gasteiger partial charge in [0.2, 0.25) is 0 Å². The smallest absolute Gasteiger partial charge is 0.253 e. The van der Waals surface area contributed by atoms with Gasteiger partial charge in [-0.15, -0.1) is 0 Å². The number of aryl methyl sites for hydroxylation is 1. The number of nitrogens with two attached hydrogens (primary N) is 1. The van der Waals surface area contributed by atoms with E-state index in [-0.39, 0.29) is 12.5 Å². The van der Waals surface area contributed by atoms with Crippen molar-refractivity contribution in [3.8, 4) is 0 Å². The summed E-state index contributed by atoms with van der Waals surface area (Å²) in [6.45, 7) is 3.67. The number of anilines is 1. The third kappa shape index (κ3) is 2.95. The van der Waals surface area contributed by atoms with Crippen molar-refractivity contribution in [2.75, 3.05) is 12.3 Å². The monoisotopic (exact) mass is 208 g/mol. The van der Waals surface area contributed by atoms with E-state index in [0.29, 0.717) is 11.3 Å². The van der Waals surface area contributed by atoms with Crippen LogP contribution >= 0.6 is 0 Å². The van der Waals surface area contributed by atoms with Crippen molar-refractivity contribution in [1.29, 1.82) is 0 Å². The molecule has 0 aromatic heterocycles. The maximum Gasteiger partial charge on any atom is 0.253 e. The number of carbonyl (C=O) groups excluding carboxylic acids is 1. The van der Waals surface area contributed by atoms with E-state index in [1.165, 1.54) is 0 Å². The van der Waals surface area contributed by atoms with Gasteiger partial charge in [-0.1, -0.05) is 12.1 Å². The molecule has 1 aromatic carbocycles. The number of nitrogen functional groups attached to an aromatic ring is 1. The van der Waals surface area contributed by atoms with Gasteiger partial charge in [0.05, 0.1) is 11.7 Å². The second-order valence-corrected chi connectivity index (χ2v) is 3.60. The number of hydrogen-bond donors (Lipinski definition) is 3. The van der Waals surface area contributed by atoms with Gasteiger partial charge in [0.25, 0.3) is 5.91 Å². The first kappa shape index (κ1) is 11.5. The summed E-state index contributed by atoms with van der Waals surface area (Å²) in [5.41, 5.74) is 7.48. The molecule has 15 heavy (non-hydrogen) atoms. The Morgan fingerprint density at radius 2 is 2.27 bits per heavy atom. The normalized spacial score (nSPS) is 12.2. The number of carbonyl (C=O) groups is 1. The van der Waals surface area contributed by atoms with E-state index in [2.05, 4.69) is 5.32 Å². The number of nitrogens with one attached hydrogen (secondary N) is 1. The summed E-state index contributed by atoms with van der Waals surface area (Å²) in [5.74, 6) is -0.244. The minimum atomic E-state index is -0.556. The summed E-state index contributed by atoms with van der Waals surface area (Å²) in [7, 11) is 0. The maximum atomic E-state index is 11.7. The average Bonchev–Trinajstić information content (AvgIpc) is 2.14. The minimum absolute atomic E-state index is 0.229. The Hall–Kier alpha value is -1.55. The zero-order chi connectivity index (χ0) is 11.4. The highest BCUT2D eigenvalue weighted by Crippen LogP contribution is 2.15. The second kappa shape index (κ2) is 4.79. The molecule has 0 aliphatic rings. The van der Waals surface area contributed by atoms with Crippen LogP contribution in [0.15, 0.2) is 18.2 Å². The molecule has 0 aliphatic carbocycles. The Kier molecular flexibility index (Phi) is 3.68. The third-order valence-corrected chi connectivity index (χ3v) is 2.09. The Balaban J connectivity index is 2.82. The van der Waals surface area contributed by atoms with Gasteiger partial charge in [-0.05, 0) is 25.5 Å². The molecule has 4 N–H and O–H groups in total. The van der Waals surface area contributed by atoms with Crippen LogP contribution in [0, 0.1) is 6.92 Å². The summed E-state index contributed by atoms with van der Waals surface area (Å²) >= 11 is 0. The molecule has 1 amide bonds. The fourth-order valence-corrected chi connectivity index (χ4v) is 1.33. The van der Waals surface area contributed by atoms with E-state index in [0.717, 1.165) is 5.56 Å². The average molecular weight is 208 g/mol. The predicted molar refractivity (Wildman–Crippen MR) is 59.6 cm³/mol. The number of rotatable bonds is 3. The minimum Gasteiger partial charge on any atom is -0.398 e. The van der Waals surface area contributed by atoms with Gasteiger partial charge in [-0.3, -0.25) is 4.79 Å². The summed E-state index contributed by atoms with van der Waals surface area (Å²) in [6.07, 6.45) is -0.556. The lowest BCUT2D eigenvalue weighted by Gasteiger charge is -2.10. The van der Waals surface area contributed by atoms with Crippen LogP contribution in [-0.4, -0.2) is 23.7 Å². The van der Waals surface area contributed by atoms with Crippen molar-refractivity contribution in [1.82, 2.24) is 5.32 Å². The highest BCUT2D eigenvalue weighted by molar-refractivity contribution is 6.00. The molecule has 0 spiro atoms. The number of aliphatic hydroxyl groups is 1. The summed E-state index contributed by atoms with van der Waals surface area (Å²) in [4.78, 5) is 11.7. The molecule has 0 fully saturated rings. The van der Waals surface area contributed by atoms with Crippen molar-refractivity contribution >= 4 is 11.6 Å². The van der Waals surface area contributed by atoms with Crippen molar-refractivity contribution in [2.24, 2.45) is 0 Å².